The van der Waals surface area contributed by atoms with Crippen molar-refractivity contribution >= 4 is 18.1 Å². The summed E-state index contributed by atoms with van der Waals surface area (Å²) in [5.74, 6) is 1.94. The number of nitrogens with zero attached hydrogens (tertiary/aromatic N) is 2. The highest BCUT2D eigenvalue weighted by Crippen LogP contribution is 2.64. The average Bonchev–Trinajstić information content (AvgIpc) is 3.10. The van der Waals surface area contributed by atoms with E-state index in [2.05, 4.69) is 68.3 Å². The molecule has 0 aliphatic heterocycles. The molecule has 0 bridgehead atoms. The van der Waals surface area contributed by atoms with E-state index in [0.29, 0.717) is 0 Å². The second-order valence-corrected chi connectivity index (χ2v) is 15.7. The van der Waals surface area contributed by atoms with Crippen LogP contribution in [0.2, 0.25) is 0 Å². The monoisotopic (exact) mass is 576 g/mol. The molecular formula is C33H57N2O2PS. The molecule has 3 rings (SSSR count). The zero-order valence-corrected chi connectivity index (χ0v) is 27.5. The SMILES string of the molecule is CCN(CC)P(=S)(C1=C(OC2CCCCCC2)/C=C(C)\C=C/C=C\1OC1CCCCCCCC1)N(CC)CC. The minimum atomic E-state index is -2.39. The van der Waals surface area contributed by atoms with Crippen LogP contribution in [-0.4, -0.2) is 47.7 Å². The summed E-state index contributed by atoms with van der Waals surface area (Å²) in [5.41, 5.74) is 1.20. The van der Waals surface area contributed by atoms with Gasteiger partial charge in [0.2, 0.25) is 0 Å². The van der Waals surface area contributed by atoms with Crippen molar-refractivity contribution in [3.63, 3.8) is 0 Å². The van der Waals surface area contributed by atoms with Crippen molar-refractivity contribution in [2.24, 2.45) is 0 Å². The lowest BCUT2D eigenvalue weighted by Crippen LogP contribution is -2.34. The van der Waals surface area contributed by atoms with Crippen molar-refractivity contribution in [2.75, 3.05) is 26.2 Å². The van der Waals surface area contributed by atoms with Crippen LogP contribution in [0.4, 0.5) is 0 Å². The van der Waals surface area contributed by atoms with Crippen LogP contribution < -0.4 is 0 Å². The zero-order chi connectivity index (χ0) is 28.1. The fourth-order valence-electron chi connectivity index (χ4n) is 6.39. The van der Waals surface area contributed by atoms with Crippen molar-refractivity contribution < 1.29 is 9.47 Å². The van der Waals surface area contributed by atoms with Crippen LogP contribution in [-0.2, 0) is 21.3 Å². The van der Waals surface area contributed by atoms with E-state index in [-0.39, 0.29) is 12.2 Å². The van der Waals surface area contributed by atoms with Crippen LogP contribution in [0.1, 0.15) is 125 Å². The normalized spacial score (nSPS) is 26.7. The predicted molar refractivity (Wildman–Crippen MR) is 173 cm³/mol. The number of hydrogen-bond donors (Lipinski definition) is 0. The van der Waals surface area contributed by atoms with Gasteiger partial charge in [0.05, 0.1) is 17.5 Å². The second-order valence-electron chi connectivity index (χ2n) is 11.5. The van der Waals surface area contributed by atoms with Gasteiger partial charge in [0.15, 0.2) is 0 Å². The van der Waals surface area contributed by atoms with E-state index in [1.807, 2.05) is 0 Å². The van der Waals surface area contributed by atoms with Crippen molar-refractivity contribution in [1.29, 1.82) is 0 Å². The molecule has 0 aromatic carbocycles. The Morgan fingerprint density at radius 2 is 1.15 bits per heavy atom. The molecule has 2 fully saturated rings. The fourth-order valence-corrected chi connectivity index (χ4v) is 11.6. The van der Waals surface area contributed by atoms with Gasteiger partial charge in [0.1, 0.15) is 17.9 Å². The lowest BCUT2D eigenvalue weighted by molar-refractivity contribution is 0.0928. The van der Waals surface area contributed by atoms with Crippen molar-refractivity contribution in [3.8, 4) is 0 Å². The van der Waals surface area contributed by atoms with Crippen LogP contribution in [0, 0.1) is 0 Å². The fraction of sp³-hybridized carbons (Fsp3) is 0.758. The van der Waals surface area contributed by atoms with Crippen LogP contribution in [0.25, 0.3) is 0 Å². The Hall–Kier alpha value is -0.870. The highest BCUT2D eigenvalue weighted by atomic mass is 32.4. The van der Waals surface area contributed by atoms with Gasteiger partial charge in [-0.25, -0.2) is 0 Å². The van der Waals surface area contributed by atoms with E-state index < -0.39 is 6.34 Å². The van der Waals surface area contributed by atoms with Crippen molar-refractivity contribution in [1.82, 2.24) is 9.34 Å². The third kappa shape index (κ3) is 9.06. The molecular weight excluding hydrogens is 519 g/mol. The van der Waals surface area contributed by atoms with Crippen LogP contribution in [0.15, 0.2) is 46.7 Å². The summed E-state index contributed by atoms with van der Waals surface area (Å²) in [7, 11) is 0. The van der Waals surface area contributed by atoms with E-state index in [0.717, 1.165) is 68.7 Å². The first-order chi connectivity index (χ1) is 19.0. The molecule has 222 valence electrons. The molecule has 0 heterocycles. The van der Waals surface area contributed by atoms with Crippen molar-refractivity contribution in [3.05, 3.63) is 46.7 Å². The summed E-state index contributed by atoms with van der Waals surface area (Å²) in [6.45, 7) is 14.9. The largest absolute Gasteiger partial charge is 0.489 e. The Morgan fingerprint density at radius 1 is 0.718 bits per heavy atom. The topological polar surface area (TPSA) is 24.9 Å². The average molecular weight is 577 g/mol. The van der Waals surface area contributed by atoms with Crippen LogP contribution in [0.5, 0.6) is 0 Å². The molecule has 39 heavy (non-hydrogen) atoms. The summed E-state index contributed by atoms with van der Waals surface area (Å²) >= 11 is 6.94. The maximum Gasteiger partial charge on any atom is 0.134 e. The van der Waals surface area contributed by atoms with E-state index in [4.69, 9.17) is 21.3 Å². The molecule has 4 nitrogen and oxygen atoms in total. The summed E-state index contributed by atoms with van der Waals surface area (Å²) in [6, 6.07) is 0. The van der Waals surface area contributed by atoms with Gasteiger partial charge >= 0.3 is 0 Å². The van der Waals surface area contributed by atoms with Crippen LogP contribution >= 0.6 is 6.34 Å². The maximum atomic E-state index is 7.13. The molecule has 3 aliphatic carbocycles. The Morgan fingerprint density at radius 3 is 1.62 bits per heavy atom. The molecule has 0 unspecified atom stereocenters. The van der Waals surface area contributed by atoms with Gasteiger partial charge in [-0.05, 0) is 76.0 Å². The van der Waals surface area contributed by atoms with E-state index >= 15 is 0 Å². The Balaban J connectivity index is 2.19. The van der Waals surface area contributed by atoms with Crippen LogP contribution in [0.3, 0.4) is 0 Å². The Bertz CT molecular complexity index is 883. The van der Waals surface area contributed by atoms with Gasteiger partial charge in [-0.15, -0.1) is 0 Å². The molecule has 0 radical (unpaired) electrons. The van der Waals surface area contributed by atoms with Crippen molar-refractivity contribution in [2.45, 2.75) is 137 Å². The van der Waals surface area contributed by atoms with E-state index in [1.54, 1.807) is 0 Å². The highest BCUT2D eigenvalue weighted by molar-refractivity contribution is 8.14. The third-order valence-corrected chi connectivity index (χ3v) is 14.3. The molecule has 2 saturated carbocycles. The molecule has 6 heteroatoms. The van der Waals surface area contributed by atoms with Gasteiger partial charge in [0.25, 0.3) is 0 Å². The maximum absolute atomic E-state index is 7.13. The number of allylic oxidation sites excluding steroid dienone is 6. The molecule has 0 amide bonds. The summed E-state index contributed by atoms with van der Waals surface area (Å²) in [6.07, 6.45) is 24.4. The van der Waals surface area contributed by atoms with E-state index in [1.165, 1.54) is 69.8 Å². The Kier molecular flexibility index (Phi) is 14.4. The molecule has 3 aliphatic rings. The number of rotatable bonds is 11. The first-order valence-corrected chi connectivity index (χ1v) is 18.9. The number of hydrogen-bond acceptors (Lipinski definition) is 3. The summed E-state index contributed by atoms with van der Waals surface area (Å²) in [4.78, 5) is 0. The minimum absolute atomic E-state index is 0.234. The molecule has 0 N–H and O–H groups in total. The molecule has 0 atom stereocenters. The Labute approximate surface area is 246 Å². The highest BCUT2D eigenvalue weighted by Gasteiger charge is 2.40. The van der Waals surface area contributed by atoms with Gasteiger partial charge < -0.3 is 9.47 Å². The molecule has 0 saturated heterocycles. The van der Waals surface area contributed by atoms with Gasteiger partial charge in [-0.1, -0.05) is 90.2 Å². The van der Waals surface area contributed by atoms with E-state index in [9.17, 15) is 0 Å². The lowest BCUT2D eigenvalue weighted by Gasteiger charge is -2.44. The first-order valence-electron chi connectivity index (χ1n) is 16.2. The zero-order valence-electron chi connectivity index (χ0n) is 25.8. The minimum Gasteiger partial charge on any atom is -0.489 e. The smallest absolute Gasteiger partial charge is 0.134 e. The summed E-state index contributed by atoms with van der Waals surface area (Å²) in [5, 5.41) is 1.15. The second kappa shape index (κ2) is 17.2. The standard InChI is InChI=1S/C33H57N2O2PS/c1-6-34(7-2)38(39,35(8-3)9-4)33-31(36-29-22-16-12-10-11-13-17-23-29)26-20-21-28(5)27-32(33)37-30-24-18-14-15-19-25-30/h20-21,26-27,29-30H,6-19,22-25H2,1-5H3/b21-20-,26-20?,28-21?,28-27-,31-26+,32-27?,33-31?,33-32-. The van der Waals surface area contributed by atoms with Gasteiger partial charge in [-0.3, -0.25) is 9.34 Å². The first kappa shape index (κ1) is 32.6. The summed E-state index contributed by atoms with van der Waals surface area (Å²) < 4.78 is 19.3. The third-order valence-electron chi connectivity index (χ3n) is 8.64. The number of ether oxygens (including phenoxy) is 2. The quantitative estimate of drug-likeness (QED) is 0.180. The van der Waals surface area contributed by atoms with Gasteiger partial charge in [0, 0.05) is 26.2 Å². The van der Waals surface area contributed by atoms with Gasteiger partial charge in [-0.2, -0.15) is 0 Å². The molecule has 0 aromatic rings. The lowest BCUT2D eigenvalue weighted by atomic mass is 10.1. The molecule has 0 aromatic heterocycles. The molecule has 0 spiro atoms. The predicted octanol–water partition coefficient (Wildman–Crippen LogP) is 9.85.